The predicted molar refractivity (Wildman–Crippen MR) is 109 cm³/mol. The van der Waals surface area contributed by atoms with E-state index < -0.39 is 0 Å². The monoisotopic (exact) mass is 396 g/mol. The topological polar surface area (TPSA) is 91.8 Å². The molecule has 1 aromatic carbocycles. The first-order valence-corrected chi connectivity index (χ1v) is 9.69. The molecule has 0 bridgehead atoms. The van der Waals surface area contributed by atoms with Gasteiger partial charge in [0.05, 0.1) is 35.9 Å². The Bertz CT molecular complexity index is 1110. The summed E-state index contributed by atoms with van der Waals surface area (Å²) in [5.41, 5.74) is 2.08. The summed E-state index contributed by atoms with van der Waals surface area (Å²) in [7, 11) is 0. The highest BCUT2D eigenvalue weighted by molar-refractivity contribution is 5.95. The van der Waals surface area contributed by atoms with Gasteiger partial charge in [-0.25, -0.2) is 4.98 Å². The van der Waals surface area contributed by atoms with Crippen molar-refractivity contribution in [3.63, 3.8) is 0 Å². The number of anilines is 1. The molecule has 3 heterocycles. The molecule has 1 aliphatic rings. The Hall–Kier alpha value is -3.13. The second-order valence-corrected chi connectivity index (χ2v) is 7.27. The second kappa shape index (κ2) is 7.71. The summed E-state index contributed by atoms with van der Waals surface area (Å²) in [5, 5.41) is 9.58. The number of aliphatic hydroxyl groups is 1. The fourth-order valence-corrected chi connectivity index (χ4v) is 3.79. The van der Waals surface area contributed by atoms with Crippen molar-refractivity contribution in [2.24, 2.45) is 0 Å². The highest BCUT2D eigenvalue weighted by atomic mass is 16.3. The van der Waals surface area contributed by atoms with Crippen LogP contribution in [0.4, 0.5) is 5.69 Å². The van der Waals surface area contributed by atoms with Gasteiger partial charge in [0, 0.05) is 31.9 Å². The fourth-order valence-electron chi connectivity index (χ4n) is 3.79. The van der Waals surface area contributed by atoms with Crippen LogP contribution in [0.25, 0.3) is 10.9 Å². The molecule has 0 radical (unpaired) electrons. The molecule has 1 fully saturated rings. The standard InChI is InChI=1S/C21H24N4O4/c1-14-11-18(15(2)29-14)21(28)24-7-5-23(6-8-24)16-3-4-17-19(12-16)22-13-25(9-10-26)20(17)27/h3-4,11-13,26H,5-10H2,1-2H3. The Morgan fingerprint density at radius 2 is 1.93 bits per heavy atom. The number of fused-ring (bicyclic) bond motifs is 1. The first-order valence-electron chi connectivity index (χ1n) is 9.69. The molecule has 1 aliphatic heterocycles. The molecule has 3 aromatic rings. The number of rotatable bonds is 4. The number of hydrogen-bond donors (Lipinski definition) is 1. The number of carbonyl (C=O) groups is 1. The van der Waals surface area contributed by atoms with Crippen molar-refractivity contribution in [3.05, 3.63) is 58.0 Å². The van der Waals surface area contributed by atoms with E-state index in [1.165, 1.54) is 10.9 Å². The normalized spacial score (nSPS) is 14.6. The van der Waals surface area contributed by atoms with Gasteiger partial charge in [0.25, 0.3) is 11.5 Å². The number of amides is 1. The van der Waals surface area contributed by atoms with Gasteiger partial charge in [0.2, 0.25) is 0 Å². The van der Waals surface area contributed by atoms with Gasteiger partial charge in [-0.3, -0.25) is 14.2 Å². The van der Waals surface area contributed by atoms with Crippen LogP contribution in [0.5, 0.6) is 0 Å². The summed E-state index contributed by atoms with van der Waals surface area (Å²) < 4.78 is 6.89. The molecular formula is C21H24N4O4. The maximum absolute atomic E-state index is 12.8. The number of aromatic nitrogens is 2. The maximum Gasteiger partial charge on any atom is 0.261 e. The van der Waals surface area contributed by atoms with Crippen molar-refractivity contribution < 1.29 is 14.3 Å². The van der Waals surface area contributed by atoms with Gasteiger partial charge < -0.3 is 19.3 Å². The van der Waals surface area contributed by atoms with Crippen molar-refractivity contribution >= 4 is 22.5 Å². The van der Waals surface area contributed by atoms with Crippen LogP contribution >= 0.6 is 0 Å². The number of benzene rings is 1. The van der Waals surface area contributed by atoms with Gasteiger partial charge in [-0.05, 0) is 38.1 Å². The largest absolute Gasteiger partial charge is 0.466 e. The van der Waals surface area contributed by atoms with Crippen LogP contribution in [-0.2, 0) is 6.54 Å². The molecule has 1 N–H and O–H groups in total. The Morgan fingerprint density at radius 3 is 2.59 bits per heavy atom. The van der Waals surface area contributed by atoms with Crippen LogP contribution in [0.1, 0.15) is 21.9 Å². The number of furan rings is 1. The number of aryl methyl sites for hydroxylation is 2. The van der Waals surface area contributed by atoms with E-state index in [0.29, 0.717) is 48.4 Å². The number of nitrogens with zero attached hydrogens (tertiary/aromatic N) is 4. The van der Waals surface area contributed by atoms with Gasteiger partial charge in [-0.15, -0.1) is 0 Å². The van der Waals surface area contributed by atoms with E-state index in [-0.39, 0.29) is 24.6 Å². The molecule has 0 saturated carbocycles. The first kappa shape index (κ1) is 19.2. The fraction of sp³-hybridized carbons (Fsp3) is 0.381. The van der Waals surface area contributed by atoms with E-state index in [9.17, 15) is 9.59 Å². The van der Waals surface area contributed by atoms with Crippen molar-refractivity contribution in [2.45, 2.75) is 20.4 Å². The molecule has 0 spiro atoms. The molecule has 4 rings (SSSR count). The third kappa shape index (κ3) is 3.63. The molecule has 0 unspecified atom stereocenters. The highest BCUT2D eigenvalue weighted by Gasteiger charge is 2.25. The Morgan fingerprint density at radius 1 is 1.17 bits per heavy atom. The van der Waals surface area contributed by atoms with E-state index in [4.69, 9.17) is 9.52 Å². The number of hydrogen-bond acceptors (Lipinski definition) is 6. The van der Waals surface area contributed by atoms with E-state index in [2.05, 4.69) is 9.88 Å². The van der Waals surface area contributed by atoms with Gasteiger partial charge in [0.1, 0.15) is 11.5 Å². The summed E-state index contributed by atoms with van der Waals surface area (Å²) in [6.07, 6.45) is 1.47. The lowest BCUT2D eigenvalue weighted by Crippen LogP contribution is -2.48. The SMILES string of the molecule is Cc1cc(C(=O)N2CCN(c3ccc4c(=O)n(CCO)cnc4c3)CC2)c(C)o1. The van der Waals surface area contributed by atoms with Crippen LogP contribution in [0.3, 0.4) is 0 Å². The third-order valence-corrected chi connectivity index (χ3v) is 5.35. The Labute approximate surface area is 168 Å². The minimum Gasteiger partial charge on any atom is -0.466 e. The van der Waals surface area contributed by atoms with Crippen LogP contribution in [0.2, 0.25) is 0 Å². The van der Waals surface area contributed by atoms with Crippen molar-refractivity contribution in [2.75, 3.05) is 37.7 Å². The number of carbonyl (C=O) groups excluding carboxylic acids is 1. The van der Waals surface area contributed by atoms with Crippen LogP contribution in [0.15, 0.2) is 39.8 Å². The summed E-state index contributed by atoms with van der Waals surface area (Å²) in [6.45, 7) is 6.42. The molecule has 152 valence electrons. The van der Waals surface area contributed by atoms with Crippen LogP contribution in [-0.4, -0.2) is 58.3 Å². The minimum atomic E-state index is -0.156. The number of aliphatic hydroxyl groups excluding tert-OH is 1. The summed E-state index contributed by atoms with van der Waals surface area (Å²) >= 11 is 0. The highest BCUT2D eigenvalue weighted by Crippen LogP contribution is 2.22. The number of piperazine rings is 1. The lowest BCUT2D eigenvalue weighted by atomic mass is 10.1. The van der Waals surface area contributed by atoms with E-state index in [0.717, 1.165) is 11.4 Å². The molecule has 0 atom stereocenters. The molecule has 8 heteroatoms. The third-order valence-electron chi connectivity index (χ3n) is 5.35. The minimum absolute atomic E-state index is 0.00334. The smallest absolute Gasteiger partial charge is 0.261 e. The average molecular weight is 396 g/mol. The van der Waals surface area contributed by atoms with E-state index >= 15 is 0 Å². The van der Waals surface area contributed by atoms with Gasteiger partial charge >= 0.3 is 0 Å². The molecular weight excluding hydrogens is 372 g/mol. The van der Waals surface area contributed by atoms with Crippen molar-refractivity contribution in [1.82, 2.24) is 14.5 Å². The summed E-state index contributed by atoms with van der Waals surface area (Å²) in [5.74, 6) is 1.40. The van der Waals surface area contributed by atoms with E-state index in [1.54, 1.807) is 12.1 Å². The molecule has 1 amide bonds. The molecule has 29 heavy (non-hydrogen) atoms. The van der Waals surface area contributed by atoms with Gasteiger partial charge in [-0.1, -0.05) is 0 Å². The molecule has 2 aromatic heterocycles. The van der Waals surface area contributed by atoms with Gasteiger partial charge in [0.15, 0.2) is 0 Å². The van der Waals surface area contributed by atoms with Crippen LogP contribution in [0, 0.1) is 13.8 Å². The molecule has 1 saturated heterocycles. The van der Waals surface area contributed by atoms with E-state index in [1.807, 2.05) is 30.9 Å². The zero-order chi connectivity index (χ0) is 20.5. The van der Waals surface area contributed by atoms with Crippen molar-refractivity contribution in [3.8, 4) is 0 Å². The molecule has 0 aliphatic carbocycles. The molecule has 8 nitrogen and oxygen atoms in total. The predicted octanol–water partition coefficient (Wildman–Crippen LogP) is 1.56. The Balaban J connectivity index is 1.49. The summed E-state index contributed by atoms with van der Waals surface area (Å²) in [4.78, 5) is 33.6. The Kier molecular flexibility index (Phi) is 5.10. The van der Waals surface area contributed by atoms with Crippen LogP contribution < -0.4 is 10.5 Å². The lowest BCUT2D eigenvalue weighted by Gasteiger charge is -2.36. The average Bonchev–Trinajstić information content (AvgIpc) is 3.07. The zero-order valence-corrected chi connectivity index (χ0v) is 16.6. The lowest BCUT2D eigenvalue weighted by molar-refractivity contribution is 0.0745. The summed E-state index contributed by atoms with van der Waals surface area (Å²) in [6, 6.07) is 7.39. The first-order chi connectivity index (χ1) is 14.0. The maximum atomic E-state index is 12.8. The van der Waals surface area contributed by atoms with Crippen molar-refractivity contribution in [1.29, 1.82) is 0 Å². The van der Waals surface area contributed by atoms with Gasteiger partial charge in [-0.2, -0.15) is 0 Å². The zero-order valence-electron chi connectivity index (χ0n) is 16.6. The quantitative estimate of drug-likeness (QED) is 0.720. The second-order valence-electron chi connectivity index (χ2n) is 7.27.